The van der Waals surface area contributed by atoms with E-state index in [0.717, 1.165) is 12.0 Å². The Labute approximate surface area is 108 Å². The highest BCUT2D eigenvalue weighted by Crippen LogP contribution is 2.28. The van der Waals surface area contributed by atoms with Gasteiger partial charge < -0.3 is 4.74 Å². The molecular formula is C13H18O4S. The molecule has 0 unspecified atom stereocenters. The summed E-state index contributed by atoms with van der Waals surface area (Å²) in [6.45, 7) is 4.14. The van der Waals surface area contributed by atoms with Gasteiger partial charge in [-0.1, -0.05) is 24.6 Å². The van der Waals surface area contributed by atoms with Crippen LogP contribution in [0.1, 0.15) is 25.3 Å². The molecule has 1 aromatic rings. The zero-order valence-corrected chi connectivity index (χ0v) is 11.4. The van der Waals surface area contributed by atoms with Crippen LogP contribution in [0.3, 0.4) is 0 Å². The third kappa shape index (κ3) is 3.31. The van der Waals surface area contributed by atoms with Gasteiger partial charge in [0.2, 0.25) is 0 Å². The van der Waals surface area contributed by atoms with Crippen LogP contribution >= 0.6 is 0 Å². The van der Waals surface area contributed by atoms with Crippen LogP contribution in [0.15, 0.2) is 29.2 Å². The molecule has 1 aliphatic rings. The van der Waals surface area contributed by atoms with Gasteiger partial charge in [0.1, 0.15) is 0 Å². The van der Waals surface area contributed by atoms with Crippen molar-refractivity contribution in [1.29, 1.82) is 0 Å². The summed E-state index contributed by atoms with van der Waals surface area (Å²) >= 11 is 0. The largest absolute Gasteiger partial charge is 0.370 e. The van der Waals surface area contributed by atoms with E-state index >= 15 is 0 Å². The number of rotatable bonds is 6. The first-order valence-electron chi connectivity index (χ1n) is 6.14. The van der Waals surface area contributed by atoms with E-state index in [1.165, 1.54) is 0 Å². The number of epoxide rings is 1. The molecule has 1 aromatic carbocycles. The van der Waals surface area contributed by atoms with Gasteiger partial charge in [-0.2, -0.15) is 8.42 Å². The van der Waals surface area contributed by atoms with Crippen molar-refractivity contribution >= 4 is 10.1 Å². The molecule has 1 heterocycles. The van der Waals surface area contributed by atoms with Gasteiger partial charge in [0, 0.05) is 6.42 Å². The van der Waals surface area contributed by atoms with Crippen LogP contribution in [0.25, 0.3) is 0 Å². The maximum atomic E-state index is 11.8. The fraction of sp³-hybridized carbons (Fsp3) is 0.538. The molecule has 0 aromatic heterocycles. The fourth-order valence-electron chi connectivity index (χ4n) is 1.84. The summed E-state index contributed by atoms with van der Waals surface area (Å²) in [4.78, 5) is 0.205. The van der Waals surface area contributed by atoms with Gasteiger partial charge in [0.05, 0.1) is 23.7 Å². The van der Waals surface area contributed by atoms with E-state index in [4.69, 9.17) is 8.92 Å². The van der Waals surface area contributed by atoms with Crippen LogP contribution < -0.4 is 0 Å². The lowest BCUT2D eigenvalue weighted by Crippen LogP contribution is -2.09. The van der Waals surface area contributed by atoms with Gasteiger partial charge in [0.25, 0.3) is 10.1 Å². The van der Waals surface area contributed by atoms with Crippen LogP contribution in [0.2, 0.25) is 0 Å². The molecular weight excluding hydrogens is 252 g/mol. The molecule has 1 fully saturated rings. The van der Waals surface area contributed by atoms with Gasteiger partial charge in [-0.25, -0.2) is 0 Å². The smallest absolute Gasteiger partial charge is 0.296 e. The molecule has 0 amide bonds. The first kappa shape index (κ1) is 13.5. The summed E-state index contributed by atoms with van der Waals surface area (Å²) in [6, 6.07) is 6.64. The lowest BCUT2D eigenvalue weighted by atomic mass is 10.2. The van der Waals surface area contributed by atoms with E-state index in [-0.39, 0.29) is 23.7 Å². The van der Waals surface area contributed by atoms with Gasteiger partial charge in [0.15, 0.2) is 0 Å². The number of hydrogen-bond acceptors (Lipinski definition) is 4. The molecule has 0 N–H and O–H groups in total. The first-order valence-corrected chi connectivity index (χ1v) is 7.55. The maximum Gasteiger partial charge on any atom is 0.296 e. The molecule has 5 heteroatoms. The number of aryl methyl sites for hydroxylation is 1. The monoisotopic (exact) mass is 270 g/mol. The second-order valence-electron chi connectivity index (χ2n) is 4.50. The van der Waals surface area contributed by atoms with Crippen molar-refractivity contribution in [1.82, 2.24) is 0 Å². The van der Waals surface area contributed by atoms with Crippen LogP contribution in [0.4, 0.5) is 0 Å². The Morgan fingerprint density at radius 1 is 1.22 bits per heavy atom. The average Bonchev–Trinajstić information content (AvgIpc) is 3.08. The van der Waals surface area contributed by atoms with E-state index in [9.17, 15) is 8.42 Å². The lowest BCUT2D eigenvalue weighted by molar-refractivity contribution is 0.283. The van der Waals surface area contributed by atoms with Gasteiger partial charge in [-0.3, -0.25) is 4.18 Å². The van der Waals surface area contributed by atoms with Gasteiger partial charge in [-0.05, 0) is 25.5 Å². The predicted molar refractivity (Wildman–Crippen MR) is 67.9 cm³/mol. The molecule has 1 aliphatic heterocycles. The normalized spacial score (nSPS) is 23.0. The lowest BCUT2D eigenvalue weighted by Gasteiger charge is -2.05. The predicted octanol–water partition coefficient (Wildman–Crippen LogP) is 2.27. The van der Waals surface area contributed by atoms with E-state index in [0.29, 0.717) is 6.42 Å². The molecule has 1 saturated heterocycles. The fourth-order valence-corrected chi connectivity index (χ4v) is 2.76. The topological polar surface area (TPSA) is 55.9 Å². The Kier molecular flexibility index (Phi) is 4.04. The Balaban J connectivity index is 1.86. The third-order valence-electron chi connectivity index (χ3n) is 3.04. The second-order valence-corrected chi connectivity index (χ2v) is 6.11. The van der Waals surface area contributed by atoms with Gasteiger partial charge in [-0.15, -0.1) is 0 Å². The molecule has 18 heavy (non-hydrogen) atoms. The molecule has 0 bridgehead atoms. The highest BCUT2D eigenvalue weighted by molar-refractivity contribution is 7.86. The van der Waals surface area contributed by atoms with Crippen molar-refractivity contribution in [3.05, 3.63) is 29.8 Å². The van der Waals surface area contributed by atoms with Crippen LogP contribution in [-0.2, 0) is 19.0 Å². The second kappa shape index (κ2) is 5.38. The van der Waals surface area contributed by atoms with Gasteiger partial charge >= 0.3 is 0 Å². The van der Waals surface area contributed by atoms with Crippen molar-refractivity contribution in [2.24, 2.45) is 0 Å². The number of ether oxygens (including phenoxy) is 1. The molecule has 2 atom stereocenters. The summed E-state index contributed by atoms with van der Waals surface area (Å²) in [5, 5.41) is 0. The Morgan fingerprint density at radius 2 is 1.89 bits per heavy atom. The van der Waals surface area contributed by atoms with Crippen LogP contribution in [0.5, 0.6) is 0 Å². The Morgan fingerprint density at radius 3 is 2.44 bits per heavy atom. The van der Waals surface area contributed by atoms with Crippen molar-refractivity contribution in [2.75, 3.05) is 6.61 Å². The van der Waals surface area contributed by atoms with Crippen molar-refractivity contribution < 1.29 is 17.3 Å². The summed E-state index contributed by atoms with van der Waals surface area (Å²) in [6.07, 6.45) is 2.05. The highest BCUT2D eigenvalue weighted by Gasteiger charge is 2.36. The van der Waals surface area contributed by atoms with Crippen molar-refractivity contribution in [3.8, 4) is 0 Å². The minimum atomic E-state index is -3.62. The molecule has 0 aliphatic carbocycles. The quantitative estimate of drug-likeness (QED) is 0.588. The zero-order chi connectivity index (χ0) is 13.2. The Bertz CT molecular complexity index is 492. The average molecular weight is 270 g/mol. The molecule has 0 radical (unpaired) electrons. The van der Waals surface area contributed by atoms with E-state index in [1.807, 2.05) is 6.92 Å². The standard InChI is InChI=1S/C13H18O4S/c1-3-12-13(17-12)8-9-16-18(14,15)11-6-4-10(2)5-7-11/h4-7,12-13H,3,8-9H2,1-2H3/t12-,13-/m1/s1. The zero-order valence-electron chi connectivity index (χ0n) is 10.6. The molecule has 0 spiro atoms. The molecule has 2 rings (SSSR count). The summed E-state index contributed by atoms with van der Waals surface area (Å²) < 4.78 is 34.0. The van der Waals surface area contributed by atoms with E-state index in [1.54, 1.807) is 24.3 Å². The van der Waals surface area contributed by atoms with Crippen molar-refractivity contribution in [3.63, 3.8) is 0 Å². The highest BCUT2D eigenvalue weighted by atomic mass is 32.2. The number of benzene rings is 1. The van der Waals surface area contributed by atoms with Crippen molar-refractivity contribution in [2.45, 2.75) is 43.8 Å². The summed E-state index contributed by atoms with van der Waals surface area (Å²) in [5.41, 5.74) is 1.02. The minimum absolute atomic E-state index is 0.170. The summed E-state index contributed by atoms with van der Waals surface area (Å²) in [7, 11) is -3.62. The molecule has 4 nitrogen and oxygen atoms in total. The Hall–Kier alpha value is -0.910. The molecule has 0 saturated carbocycles. The van der Waals surface area contributed by atoms with Crippen LogP contribution in [0, 0.1) is 6.92 Å². The minimum Gasteiger partial charge on any atom is -0.370 e. The maximum absolute atomic E-state index is 11.8. The summed E-state index contributed by atoms with van der Waals surface area (Å²) in [5.74, 6) is 0. The number of hydrogen-bond donors (Lipinski definition) is 0. The van der Waals surface area contributed by atoms with E-state index in [2.05, 4.69) is 6.92 Å². The molecule has 100 valence electrons. The third-order valence-corrected chi connectivity index (χ3v) is 4.37. The van der Waals surface area contributed by atoms with E-state index < -0.39 is 10.1 Å². The first-order chi connectivity index (χ1) is 8.53. The SMILES string of the molecule is CC[C@H]1O[C@@H]1CCOS(=O)(=O)c1ccc(C)cc1. The van der Waals surface area contributed by atoms with Crippen LogP contribution in [-0.4, -0.2) is 27.2 Å².